The van der Waals surface area contributed by atoms with Crippen LogP contribution in [0.25, 0.3) is 0 Å². The van der Waals surface area contributed by atoms with Gasteiger partial charge in [0, 0.05) is 31.7 Å². The van der Waals surface area contributed by atoms with Gasteiger partial charge in [-0.1, -0.05) is 0 Å². The van der Waals surface area contributed by atoms with Crippen LogP contribution in [0.1, 0.15) is 27.2 Å². The fraction of sp³-hybridized carbons (Fsp3) is 1.00. The number of rotatable bonds is 3. The first-order chi connectivity index (χ1) is 6.96. The Morgan fingerprint density at radius 3 is 2.40 bits per heavy atom. The summed E-state index contributed by atoms with van der Waals surface area (Å²) in [7, 11) is 2.24. The Bertz CT molecular complexity index is 222. The van der Waals surface area contributed by atoms with E-state index in [9.17, 15) is 0 Å². The molecule has 2 saturated heterocycles. The number of piperazine rings is 1. The van der Waals surface area contributed by atoms with Crippen molar-refractivity contribution in [1.29, 1.82) is 0 Å². The fourth-order valence-electron chi connectivity index (χ4n) is 2.69. The second-order valence-corrected chi connectivity index (χ2v) is 5.94. The zero-order chi connectivity index (χ0) is 11.1. The summed E-state index contributed by atoms with van der Waals surface area (Å²) in [6.07, 6.45) is 1.37. The second-order valence-electron chi connectivity index (χ2n) is 5.94. The van der Waals surface area contributed by atoms with Crippen LogP contribution in [0.3, 0.4) is 0 Å². The molecule has 2 unspecified atom stereocenters. The van der Waals surface area contributed by atoms with Crippen molar-refractivity contribution in [3.05, 3.63) is 0 Å². The molecule has 15 heavy (non-hydrogen) atoms. The van der Waals surface area contributed by atoms with E-state index in [0.717, 1.165) is 25.2 Å². The van der Waals surface area contributed by atoms with Crippen molar-refractivity contribution >= 4 is 0 Å². The molecule has 0 spiro atoms. The maximum atomic E-state index is 5.77. The summed E-state index contributed by atoms with van der Waals surface area (Å²) < 4.78 is 5.77. The molecule has 88 valence electrons. The first kappa shape index (κ1) is 11.4. The SMILES string of the molecule is CN1CC2CC1CN2CCOC(C)(C)C. The van der Waals surface area contributed by atoms with Gasteiger partial charge in [0.25, 0.3) is 0 Å². The van der Waals surface area contributed by atoms with Gasteiger partial charge < -0.3 is 9.64 Å². The molecule has 0 aliphatic carbocycles. The standard InChI is InChI=1S/C12H24N2O/c1-12(2,3)15-6-5-14-9-10-7-11(14)8-13(10)4/h10-11H,5-9H2,1-4H3. The predicted molar refractivity (Wildman–Crippen MR) is 62.1 cm³/mol. The van der Waals surface area contributed by atoms with Gasteiger partial charge in [-0.05, 0) is 34.2 Å². The molecule has 0 amide bonds. The molecule has 2 fully saturated rings. The van der Waals surface area contributed by atoms with E-state index in [2.05, 4.69) is 37.6 Å². The highest BCUT2D eigenvalue weighted by Crippen LogP contribution is 2.28. The van der Waals surface area contributed by atoms with Crippen molar-refractivity contribution in [2.24, 2.45) is 0 Å². The zero-order valence-electron chi connectivity index (χ0n) is 10.5. The minimum absolute atomic E-state index is 0.00946. The summed E-state index contributed by atoms with van der Waals surface area (Å²) in [4.78, 5) is 5.09. The van der Waals surface area contributed by atoms with Crippen LogP contribution in [-0.4, -0.2) is 60.8 Å². The van der Waals surface area contributed by atoms with E-state index < -0.39 is 0 Å². The molecule has 0 aromatic rings. The lowest BCUT2D eigenvalue weighted by Crippen LogP contribution is -2.45. The molecule has 2 bridgehead atoms. The maximum absolute atomic E-state index is 5.77. The molecule has 0 radical (unpaired) electrons. The number of ether oxygens (including phenoxy) is 1. The summed E-state index contributed by atoms with van der Waals surface area (Å²) in [6, 6.07) is 1.60. The Morgan fingerprint density at radius 2 is 1.93 bits per heavy atom. The third kappa shape index (κ3) is 2.71. The van der Waals surface area contributed by atoms with E-state index >= 15 is 0 Å². The maximum Gasteiger partial charge on any atom is 0.0600 e. The van der Waals surface area contributed by atoms with Crippen LogP contribution in [0.15, 0.2) is 0 Å². The summed E-state index contributed by atoms with van der Waals surface area (Å²) in [5.41, 5.74) is 0.00946. The molecule has 0 N–H and O–H groups in total. The lowest BCUT2D eigenvalue weighted by atomic mass is 10.2. The van der Waals surface area contributed by atoms with Gasteiger partial charge in [-0.15, -0.1) is 0 Å². The van der Waals surface area contributed by atoms with Gasteiger partial charge in [0.1, 0.15) is 0 Å². The summed E-state index contributed by atoms with van der Waals surface area (Å²) in [5, 5.41) is 0. The molecule has 0 saturated carbocycles. The van der Waals surface area contributed by atoms with Crippen molar-refractivity contribution in [2.45, 2.75) is 44.9 Å². The van der Waals surface area contributed by atoms with Crippen molar-refractivity contribution in [3.63, 3.8) is 0 Å². The molecule has 2 aliphatic rings. The van der Waals surface area contributed by atoms with Crippen LogP contribution in [0.4, 0.5) is 0 Å². The fourth-order valence-corrected chi connectivity index (χ4v) is 2.69. The van der Waals surface area contributed by atoms with Crippen molar-refractivity contribution in [1.82, 2.24) is 9.80 Å². The Hall–Kier alpha value is -0.120. The molecule has 3 heteroatoms. The predicted octanol–water partition coefficient (Wildman–Crippen LogP) is 1.19. The van der Waals surface area contributed by atoms with Crippen LogP contribution in [0, 0.1) is 0 Å². The molecule has 2 aliphatic heterocycles. The molecule has 2 atom stereocenters. The Labute approximate surface area is 93.4 Å². The van der Waals surface area contributed by atoms with Gasteiger partial charge in [0.2, 0.25) is 0 Å². The third-order valence-corrected chi connectivity index (χ3v) is 3.54. The van der Waals surface area contributed by atoms with Gasteiger partial charge >= 0.3 is 0 Å². The summed E-state index contributed by atoms with van der Waals surface area (Å²) >= 11 is 0. The molecule has 3 nitrogen and oxygen atoms in total. The third-order valence-electron chi connectivity index (χ3n) is 3.54. The van der Waals surface area contributed by atoms with Gasteiger partial charge in [0.15, 0.2) is 0 Å². The van der Waals surface area contributed by atoms with Gasteiger partial charge in [-0.2, -0.15) is 0 Å². The number of fused-ring (bicyclic) bond motifs is 2. The molecule has 0 aromatic heterocycles. The summed E-state index contributed by atoms with van der Waals surface area (Å²) in [6.45, 7) is 10.8. The van der Waals surface area contributed by atoms with Crippen LogP contribution in [-0.2, 0) is 4.74 Å². The van der Waals surface area contributed by atoms with Crippen molar-refractivity contribution in [2.75, 3.05) is 33.3 Å². The smallest absolute Gasteiger partial charge is 0.0600 e. The van der Waals surface area contributed by atoms with Gasteiger partial charge in [-0.3, -0.25) is 4.90 Å². The Balaban J connectivity index is 1.70. The van der Waals surface area contributed by atoms with Crippen LogP contribution in [0.2, 0.25) is 0 Å². The highest BCUT2D eigenvalue weighted by atomic mass is 16.5. The van der Waals surface area contributed by atoms with E-state index in [0.29, 0.717) is 0 Å². The Morgan fingerprint density at radius 1 is 1.20 bits per heavy atom. The van der Waals surface area contributed by atoms with E-state index in [-0.39, 0.29) is 5.60 Å². The number of hydrogen-bond acceptors (Lipinski definition) is 3. The van der Waals surface area contributed by atoms with E-state index in [1.54, 1.807) is 0 Å². The zero-order valence-corrected chi connectivity index (χ0v) is 10.5. The van der Waals surface area contributed by atoms with Crippen molar-refractivity contribution < 1.29 is 4.74 Å². The molecule has 2 heterocycles. The highest BCUT2D eigenvalue weighted by Gasteiger charge is 2.40. The topological polar surface area (TPSA) is 15.7 Å². The molecular formula is C12H24N2O. The van der Waals surface area contributed by atoms with Crippen LogP contribution in [0.5, 0.6) is 0 Å². The first-order valence-corrected chi connectivity index (χ1v) is 6.04. The molecular weight excluding hydrogens is 188 g/mol. The molecule has 0 aromatic carbocycles. The lowest BCUT2D eigenvalue weighted by Gasteiger charge is -2.32. The Kier molecular flexibility index (Phi) is 3.06. The van der Waals surface area contributed by atoms with E-state index in [4.69, 9.17) is 4.74 Å². The van der Waals surface area contributed by atoms with Crippen LogP contribution < -0.4 is 0 Å². The quantitative estimate of drug-likeness (QED) is 0.699. The molecule has 2 rings (SSSR count). The first-order valence-electron chi connectivity index (χ1n) is 6.04. The minimum atomic E-state index is 0.00946. The van der Waals surface area contributed by atoms with Gasteiger partial charge in [0.05, 0.1) is 12.2 Å². The average Bonchev–Trinajstić information content (AvgIpc) is 2.60. The minimum Gasteiger partial charge on any atom is -0.375 e. The average molecular weight is 212 g/mol. The number of nitrogens with zero attached hydrogens (tertiary/aromatic N) is 2. The number of hydrogen-bond donors (Lipinski definition) is 0. The lowest BCUT2D eigenvalue weighted by molar-refractivity contribution is -0.0180. The van der Waals surface area contributed by atoms with Crippen molar-refractivity contribution in [3.8, 4) is 0 Å². The van der Waals surface area contributed by atoms with Gasteiger partial charge in [-0.25, -0.2) is 0 Å². The number of likely N-dealkylation sites (N-methyl/N-ethyl adjacent to an activating group) is 1. The number of likely N-dealkylation sites (tertiary alicyclic amines) is 2. The van der Waals surface area contributed by atoms with E-state index in [1.807, 2.05) is 0 Å². The van der Waals surface area contributed by atoms with Crippen LogP contribution >= 0.6 is 0 Å². The van der Waals surface area contributed by atoms with E-state index in [1.165, 1.54) is 19.5 Å². The highest BCUT2D eigenvalue weighted by molar-refractivity contribution is 4.98. The second kappa shape index (κ2) is 4.04. The largest absolute Gasteiger partial charge is 0.375 e. The summed E-state index contributed by atoms with van der Waals surface area (Å²) in [5.74, 6) is 0. The monoisotopic (exact) mass is 212 g/mol. The normalized spacial score (nSPS) is 32.8.